The van der Waals surface area contributed by atoms with Gasteiger partial charge in [0.1, 0.15) is 5.82 Å². The molecule has 2 amide bonds. The highest BCUT2D eigenvalue weighted by Crippen LogP contribution is 2.35. The van der Waals surface area contributed by atoms with Gasteiger partial charge < -0.3 is 15.7 Å². The number of anilines is 1. The van der Waals surface area contributed by atoms with Crippen molar-refractivity contribution in [1.82, 2.24) is 5.32 Å². The highest BCUT2D eigenvalue weighted by molar-refractivity contribution is 6.39. The number of carbonyl (C=O) groups excluding carboxylic acids is 2. The van der Waals surface area contributed by atoms with E-state index < -0.39 is 47.7 Å². The average molecular weight is 322 g/mol. The van der Waals surface area contributed by atoms with E-state index in [1.165, 1.54) is 0 Å². The highest BCUT2D eigenvalue weighted by Gasteiger charge is 2.35. The zero-order valence-electron chi connectivity index (χ0n) is 11.5. The number of halogens is 4. The second kappa shape index (κ2) is 7.21. The summed E-state index contributed by atoms with van der Waals surface area (Å²) >= 11 is 0. The van der Waals surface area contributed by atoms with Gasteiger partial charge in [0.25, 0.3) is 0 Å². The number of benzene rings is 1. The van der Waals surface area contributed by atoms with Crippen molar-refractivity contribution in [3.05, 3.63) is 29.6 Å². The maximum atomic E-state index is 12.9. The molecule has 0 aliphatic heterocycles. The molecule has 0 aromatic heterocycles. The molecule has 1 aromatic carbocycles. The SMILES string of the molecule is CCC(CO)NC(=O)C(=O)Nc1ccc(F)cc1C(F)(F)F. The van der Waals surface area contributed by atoms with E-state index in [2.05, 4.69) is 5.32 Å². The van der Waals surface area contributed by atoms with E-state index in [9.17, 15) is 27.2 Å². The summed E-state index contributed by atoms with van der Waals surface area (Å²) in [6.07, 6.45) is -4.56. The van der Waals surface area contributed by atoms with Crippen molar-refractivity contribution in [2.45, 2.75) is 25.6 Å². The molecule has 22 heavy (non-hydrogen) atoms. The third-order valence-corrected chi connectivity index (χ3v) is 2.79. The van der Waals surface area contributed by atoms with E-state index >= 15 is 0 Å². The van der Waals surface area contributed by atoms with Crippen LogP contribution in [-0.2, 0) is 15.8 Å². The van der Waals surface area contributed by atoms with Crippen molar-refractivity contribution in [2.24, 2.45) is 0 Å². The fourth-order valence-electron chi connectivity index (χ4n) is 1.57. The number of amides is 2. The number of alkyl halides is 3. The molecule has 1 atom stereocenters. The molecule has 0 saturated heterocycles. The Hall–Kier alpha value is -2.16. The monoisotopic (exact) mass is 322 g/mol. The maximum Gasteiger partial charge on any atom is 0.418 e. The van der Waals surface area contributed by atoms with Crippen molar-refractivity contribution in [2.75, 3.05) is 11.9 Å². The molecule has 0 aliphatic carbocycles. The zero-order chi connectivity index (χ0) is 16.9. The largest absolute Gasteiger partial charge is 0.418 e. The Balaban J connectivity index is 2.91. The van der Waals surface area contributed by atoms with Crippen LogP contribution in [0.4, 0.5) is 23.2 Å². The van der Waals surface area contributed by atoms with Gasteiger partial charge in [-0.15, -0.1) is 0 Å². The van der Waals surface area contributed by atoms with Crippen LogP contribution in [0.25, 0.3) is 0 Å². The number of rotatable bonds is 4. The van der Waals surface area contributed by atoms with Gasteiger partial charge in [-0.1, -0.05) is 6.92 Å². The smallest absolute Gasteiger partial charge is 0.394 e. The molecule has 0 bridgehead atoms. The third-order valence-electron chi connectivity index (χ3n) is 2.79. The lowest BCUT2D eigenvalue weighted by Gasteiger charge is -2.16. The van der Waals surface area contributed by atoms with Gasteiger partial charge >= 0.3 is 18.0 Å². The molecule has 0 fully saturated rings. The first kappa shape index (κ1) is 17.9. The summed E-state index contributed by atoms with van der Waals surface area (Å²) in [5.41, 5.74) is -2.13. The molecule has 1 unspecified atom stereocenters. The van der Waals surface area contributed by atoms with E-state index in [1.54, 1.807) is 12.2 Å². The standard InChI is InChI=1S/C13H14F4N2O3/c1-2-8(6-20)18-11(21)12(22)19-10-4-3-7(14)5-9(10)13(15,16)17/h3-5,8,20H,2,6H2,1H3,(H,18,21)(H,19,22). The molecule has 0 saturated carbocycles. The fourth-order valence-corrected chi connectivity index (χ4v) is 1.57. The van der Waals surface area contributed by atoms with Crippen LogP contribution in [0.2, 0.25) is 0 Å². The second-order valence-electron chi connectivity index (χ2n) is 4.40. The fraction of sp³-hybridized carbons (Fsp3) is 0.385. The Morgan fingerprint density at radius 1 is 1.27 bits per heavy atom. The summed E-state index contributed by atoms with van der Waals surface area (Å²) in [5, 5.41) is 12.8. The highest BCUT2D eigenvalue weighted by atomic mass is 19.4. The van der Waals surface area contributed by atoms with Crippen LogP contribution in [0.15, 0.2) is 18.2 Å². The molecule has 3 N–H and O–H groups in total. The van der Waals surface area contributed by atoms with Gasteiger partial charge in [-0.05, 0) is 24.6 Å². The first-order valence-electron chi connectivity index (χ1n) is 6.28. The normalized spacial score (nSPS) is 12.6. The van der Waals surface area contributed by atoms with Gasteiger partial charge in [0.2, 0.25) is 0 Å². The number of hydrogen-bond acceptors (Lipinski definition) is 3. The maximum absolute atomic E-state index is 12.9. The molecule has 0 heterocycles. The molecule has 9 heteroatoms. The van der Waals surface area contributed by atoms with Gasteiger partial charge in [-0.2, -0.15) is 13.2 Å². The van der Waals surface area contributed by atoms with E-state index in [0.717, 1.165) is 6.07 Å². The van der Waals surface area contributed by atoms with Crippen LogP contribution in [0, 0.1) is 5.82 Å². The molecular weight excluding hydrogens is 308 g/mol. The average Bonchev–Trinajstić information content (AvgIpc) is 2.45. The number of aliphatic hydroxyl groups excluding tert-OH is 1. The minimum Gasteiger partial charge on any atom is -0.394 e. The molecule has 0 aliphatic rings. The van der Waals surface area contributed by atoms with Crippen LogP contribution in [0.1, 0.15) is 18.9 Å². The van der Waals surface area contributed by atoms with Crippen molar-refractivity contribution >= 4 is 17.5 Å². The minimum absolute atomic E-state index is 0.218. The van der Waals surface area contributed by atoms with Gasteiger partial charge in [0.05, 0.1) is 23.9 Å². The third kappa shape index (κ3) is 4.69. The van der Waals surface area contributed by atoms with Crippen molar-refractivity contribution in [3.8, 4) is 0 Å². The van der Waals surface area contributed by atoms with Crippen LogP contribution in [-0.4, -0.2) is 29.6 Å². The first-order chi connectivity index (χ1) is 10.2. The van der Waals surface area contributed by atoms with Crippen molar-refractivity contribution in [1.29, 1.82) is 0 Å². The van der Waals surface area contributed by atoms with E-state index in [1.807, 2.05) is 0 Å². The molecule has 122 valence electrons. The van der Waals surface area contributed by atoms with Gasteiger partial charge in [-0.3, -0.25) is 9.59 Å². The van der Waals surface area contributed by atoms with Crippen LogP contribution < -0.4 is 10.6 Å². The molecule has 0 radical (unpaired) electrons. The lowest BCUT2D eigenvalue weighted by atomic mass is 10.1. The molecule has 0 spiro atoms. The Morgan fingerprint density at radius 2 is 1.91 bits per heavy atom. The predicted molar refractivity (Wildman–Crippen MR) is 69.3 cm³/mol. The van der Waals surface area contributed by atoms with Gasteiger partial charge in [0, 0.05) is 0 Å². The summed E-state index contributed by atoms with van der Waals surface area (Å²) in [6.45, 7) is 1.22. The number of aliphatic hydroxyl groups is 1. The molecule has 5 nitrogen and oxygen atoms in total. The Labute approximate surface area is 123 Å². The molecular formula is C13H14F4N2O3. The van der Waals surface area contributed by atoms with Crippen molar-refractivity contribution in [3.63, 3.8) is 0 Å². The summed E-state index contributed by atoms with van der Waals surface area (Å²) in [6, 6.07) is 0.974. The summed E-state index contributed by atoms with van der Waals surface area (Å²) in [7, 11) is 0. The Kier molecular flexibility index (Phi) is 5.86. The quantitative estimate of drug-likeness (QED) is 0.583. The number of nitrogens with one attached hydrogen (secondary N) is 2. The summed E-state index contributed by atoms with van der Waals surface area (Å²) in [4.78, 5) is 23.1. The summed E-state index contributed by atoms with van der Waals surface area (Å²) in [5.74, 6) is -3.66. The van der Waals surface area contributed by atoms with Crippen LogP contribution in [0.3, 0.4) is 0 Å². The predicted octanol–water partition coefficient (Wildman–Crippen LogP) is 1.67. The number of carbonyl (C=O) groups is 2. The molecule has 1 rings (SSSR count). The van der Waals surface area contributed by atoms with E-state index in [0.29, 0.717) is 12.5 Å². The van der Waals surface area contributed by atoms with E-state index in [4.69, 9.17) is 5.11 Å². The summed E-state index contributed by atoms with van der Waals surface area (Å²) < 4.78 is 51.2. The van der Waals surface area contributed by atoms with Crippen molar-refractivity contribution < 1.29 is 32.3 Å². The lowest BCUT2D eigenvalue weighted by molar-refractivity contribution is -0.138. The Morgan fingerprint density at radius 3 is 2.41 bits per heavy atom. The van der Waals surface area contributed by atoms with Crippen LogP contribution >= 0.6 is 0 Å². The minimum atomic E-state index is -4.89. The Bertz CT molecular complexity index is 557. The van der Waals surface area contributed by atoms with Gasteiger partial charge in [0.15, 0.2) is 0 Å². The van der Waals surface area contributed by atoms with Gasteiger partial charge in [-0.25, -0.2) is 4.39 Å². The zero-order valence-corrected chi connectivity index (χ0v) is 11.5. The van der Waals surface area contributed by atoms with E-state index in [-0.39, 0.29) is 6.07 Å². The number of hydrogen-bond donors (Lipinski definition) is 3. The first-order valence-corrected chi connectivity index (χ1v) is 6.28. The second-order valence-corrected chi connectivity index (χ2v) is 4.40. The lowest BCUT2D eigenvalue weighted by Crippen LogP contribution is -2.43. The topological polar surface area (TPSA) is 78.4 Å². The molecule has 1 aromatic rings. The van der Waals surface area contributed by atoms with Crippen LogP contribution in [0.5, 0.6) is 0 Å².